The maximum Gasteiger partial charge on any atom is 0.227 e. The Hall–Kier alpha value is -1.07. The Morgan fingerprint density at radius 1 is 1.50 bits per heavy atom. The van der Waals surface area contributed by atoms with Crippen molar-refractivity contribution < 1.29 is 9.18 Å². The summed E-state index contributed by atoms with van der Waals surface area (Å²) in [5.41, 5.74) is 5.92. The molecule has 0 aliphatic carbocycles. The molecule has 3 nitrogen and oxygen atoms in total. The maximum absolute atomic E-state index is 13.7. The van der Waals surface area contributed by atoms with Crippen molar-refractivity contribution in [1.29, 1.82) is 0 Å². The Balaban J connectivity index is 2.53. The number of hydrogen-bond acceptors (Lipinski definition) is 3. The first-order valence-electron chi connectivity index (χ1n) is 5.89. The summed E-state index contributed by atoms with van der Waals surface area (Å²) >= 11 is 1.12. The Labute approximate surface area is 111 Å². The zero-order valence-electron chi connectivity index (χ0n) is 10.7. The molecule has 0 fully saturated rings. The molecule has 0 aromatic heterocycles. The van der Waals surface area contributed by atoms with Crippen LogP contribution in [0, 0.1) is 11.7 Å². The van der Waals surface area contributed by atoms with E-state index in [0.717, 1.165) is 23.9 Å². The van der Waals surface area contributed by atoms with Crippen molar-refractivity contribution in [1.82, 2.24) is 5.32 Å². The first-order chi connectivity index (χ1) is 8.49. The fourth-order valence-electron chi connectivity index (χ4n) is 1.43. The second kappa shape index (κ2) is 7.38. The largest absolute Gasteiger partial charge is 0.369 e. The summed E-state index contributed by atoms with van der Waals surface area (Å²) in [4.78, 5) is 11.1. The molecule has 0 heterocycles. The number of amides is 1. The third-order valence-electron chi connectivity index (χ3n) is 2.25. The lowest BCUT2D eigenvalue weighted by Crippen LogP contribution is -2.19. The third-order valence-corrected chi connectivity index (χ3v) is 3.32. The minimum absolute atomic E-state index is 0.0991. The van der Waals surface area contributed by atoms with Crippen molar-refractivity contribution in [2.45, 2.75) is 25.3 Å². The second-order valence-electron chi connectivity index (χ2n) is 4.54. The highest BCUT2D eigenvalue weighted by Gasteiger charge is 2.06. The number of benzene rings is 1. The van der Waals surface area contributed by atoms with Crippen molar-refractivity contribution >= 4 is 17.7 Å². The second-order valence-corrected chi connectivity index (χ2v) is 5.56. The molecule has 1 rings (SSSR count). The predicted octanol–water partition coefficient (Wildman–Crippen LogP) is 2.15. The molecule has 0 atom stereocenters. The SMILES string of the molecule is CC(C)CNCc1ccc(SCC(N)=O)c(F)c1. The summed E-state index contributed by atoms with van der Waals surface area (Å²) in [5.74, 6) is -0.0746. The van der Waals surface area contributed by atoms with Gasteiger partial charge >= 0.3 is 0 Å². The third kappa shape index (κ3) is 5.51. The first kappa shape index (κ1) is 15.0. The molecule has 0 radical (unpaired) electrons. The number of rotatable bonds is 7. The van der Waals surface area contributed by atoms with Crippen molar-refractivity contribution in [3.8, 4) is 0 Å². The summed E-state index contributed by atoms with van der Waals surface area (Å²) in [6, 6.07) is 5.05. The number of halogens is 1. The van der Waals surface area contributed by atoms with E-state index in [1.54, 1.807) is 6.07 Å². The number of hydrogen-bond donors (Lipinski definition) is 2. The molecule has 0 bridgehead atoms. The molecule has 3 N–H and O–H groups in total. The molecular formula is C13H19FN2OS. The van der Waals surface area contributed by atoms with Crippen LogP contribution < -0.4 is 11.1 Å². The molecule has 0 saturated heterocycles. The van der Waals surface area contributed by atoms with E-state index in [1.165, 1.54) is 6.07 Å². The number of carbonyl (C=O) groups is 1. The van der Waals surface area contributed by atoms with E-state index in [1.807, 2.05) is 6.07 Å². The zero-order chi connectivity index (χ0) is 13.5. The minimum Gasteiger partial charge on any atom is -0.369 e. The Kier molecular flexibility index (Phi) is 6.15. The van der Waals surface area contributed by atoms with Crippen LogP contribution in [0.3, 0.4) is 0 Å². The van der Waals surface area contributed by atoms with Crippen LogP contribution in [0.2, 0.25) is 0 Å². The fraction of sp³-hybridized carbons (Fsp3) is 0.462. The van der Waals surface area contributed by atoms with Gasteiger partial charge in [0.2, 0.25) is 5.91 Å². The van der Waals surface area contributed by atoms with Crippen molar-refractivity contribution in [3.05, 3.63) is 29.6 Å². The van der Waals surface area contributed by atoms with Gasteiger partial charge < -0.3 is 11.1 Å². The molecule has 100 valence electrons. The molecule has 1 aromatic rings. The Morgan fingerprint density at radius 2 is 2.22 bits per heavy atom. The summed E-state index contributed by atoms with van der Waals surface area (Å²) in [6.07, 6.45) is 0. The van der Waals surface area contributed by atoms with Crippen molar-refractivity contribution in [2.75, 3.05) is 12.3 Å². The molecule has 1 aromatic carbocycles. The zero-order valence-corrected chi connectivity index (χ0v) is 11.5. The van der Waals surface area contributed by atoms with Crippen molar-refractivity contribution in [3.63, 3.8) is 0 Å². The minimum atomic E-state index is -0.443. The smallest absolute Gasteiger partial charge is 0.227 e. The summed E-state index contributed by atoms with van der Waals surface area (Å²) in [6.45, 7) is 5.80. The molecule has 1 amide bonds. The summed E-state index contributed by atoms with van der Waals surface area (Å²) in [5, 5.41) is 3.25. The quantitative estimate of drug-likeness (QED) is 0.746. The molecule has 5 heteroatoms. The van der Waals surface area contributed by atoms with Gasteiger partial charge in [0, 0.05) is 11.4 Å². The fourth-order valence-corrected chi connectivity index (χ4v) is 2.08. The van der Waals surface area contributed by atoms with Gasteiger partial charge in [-0.3, -0.25) is 4.79 Å². The van der Waals surface area contributed by atoms with Crippen LogP contribution in [0.4, 0.5) is 4.39 Å². The van der Waals surface area contributed by atoms with E-state index in [4.69, 9.17) is 5.73 Å². The topological polar surface area (TPSA) is 55.1 Å². The van der Waals surface area contributed by atoms with Gasteiger partial charge in [0.25, 0.3) is 0 Å². The van der Waals surface area contributed by atoms with Gasteiger partial charge in [0.15, 0.2) is 0 Å². The van der Waals surface area contributed by atoms with Crippen LogP contribution in [0.1, 0.15) is 19.4 Å². The van der Waals surface area contributed by atoms with Gasteiger partial charge in [-0.1, -0.05) is 19.9 Å². The molecule has 0 aliphatic rings. The highest BCUT2D eigenvalue weighted by atomic mass is 32.2. The monoisotopic (exact) mass is 270 g/mol. The average Bonchev–Trinajstić information content (AvgIpc) is 2.27. The Bertz CT molecular complexity index is 410. The Morgan fingerprint density at radius 3 is 2.78 bits per heavy atom. The van der Waals surface area contributed by atoms with Crippen LogP contribution in [0.5, 0.6) is 0 Å². The first-order valence-corrected chi connectivity index (χ1v) is 6.88. The molecule has 0 aliphatic heterocycles. The van der Waals surface area contributed by atoms with Gasteiger partial charge in [-0.05, 0) is 30.2 Å². The molecule has 0 spiro atoms. The van der Waals surface area contributed by atoms with Crippen LogP contribution >= 0.6 is 11.8 Å². The van der Waals surface area contributed by atoms with E-state index < -0.39 is 5.91 Å². The molecule has 0 saturated carbocycles. The maximum atomic E-state index is 13.7. The number of nitrogens with two attached hydrogens (primary N) is 1. The lowest BCUT2D eigenvalue weighted by atomic mass is 10.2. The summed E-state index contributed by atoms with van der Waals surface area (Å²) < 4.78 is 13.7. The van der Waals surface area contributed by atoms with Crippen LogP contribution in [0.15, 0.2) is 23.1 Å². The number of thioether (sulfide) groups is 1. The standard InChI is InChI=1S/C13H19FN2OS/c1-9(2)6-16-7-10-3-4-12(11(14)5-10)18-8-13(15)17/h3-5,9,16H,6-8H2,1-2H3,(H2,15,17). The predicted molar refractivity (Wildman–Crippen MR) is 72.9 cm³/mol. The van der Waals surface area contributed by atoms with Crippen LogP contribution in [-0.2, 0) is 11.3 Å². The highest BCUT2D eigenvalue weighted by molar-refractivity contribution is 8.00. The van der Waals surface area contributed by atoms with E-state index >= 15 is 0 Å². The lowest BCUT2D eigenvalue weighted by molar-refractivity contribution is -0.115. The number of primary amides is 1. The van der Waals surface area contributed by atoms with E-state index in [0.29, 0.717) is 17.4 Å². The lowest BCUT2D eigenvalue weighted by Gasteiger charge is -2.08. The molecule has 0 unspecified atom stereocenters. The van der Waals surface area contributed by atoms with E-state index in [2.05, 4.69) is 19.2 Å². The van der Waals surface area contributed by atoms with Gasteiger partial charge in [-0.15, -0.1) is 11.8 Å². The number of carbonyl (C=O) groups excluding carboxylic acids is 1. The summed E-state index contributed by atoms with van der Waals surface area (Å²) in [7, 11) is 0. The van der Waals surface area contributed by atoms with Crippen LogP contribution in [-0.4, -0.2) is 18.2 Å². The van der Waals surface area contributed by atoms with Gasteiger partial charge in [-0.25, -0.2) is 4.39 Å². The number of nitrogens with one attached hydrogen (secondary N) is 1. The molecular weight excluding hydrogens is 251 g/mol. The average molecular weight is 270 g/mol. The van der Waals surface area contributed by atoms with Gasteiger partial charge in [0.05, 0.1) is 5.75 Å². The highest BCUT2D eigenvalue weighted by Crippen LogP contribution is 2.22. The van der Waals surface area contributed by atoms with Gasteiger partial charge in [0.1, 0.15) is 5.82 Å². The normalized spacial score (nSPS) is 10.9. The van der Waals surface area contributed by atoms with Gasteiger partial charge in [-0.2, -0.15) is 0 Å². The van der Waals surface area contributed by atoms with Crippen molar-refractivity contribution in [2.24, 2.45) is 11.7 Å². The van der Waals surface area contributed by atoms with E-state index in [9.17, 15) is 9.18 Å². The van der Waals surface area contributed by atoms with E-state index in [-0.39, 0.29) is 11.6 Å². The van der Waals surface area contributed by atoms with Crippen LogP contribution in [0.25, 0.3) is 0 Å². The molecule has 18 heavy (non-hydrogen) atoms.